The smallest absolute Gasteiger partial charge is 0.317 e. The van der Waals surface area contributed by atoms with Crippen molar-refractivity contribution in [2.75, 3.05) is 39.8 Å². The van der Waals surface area contributed by atoms with Crippen molar-refractivity contribution < 1.29 is 14.3 Å². The summed E-state index contributed by atoms with van der Waals surface area (Å²) < 4.78 is 11.3. The Morgan fingerprint density at radius 3 is 2.78 bits per heavy atom. The van der Waals surface area contributed by atoms with Crippen molar-refractivity contribution in [3.63, 3.8) is 0 Å². The third-order valence-electron chi connectivity index (χ3n) is 5.43. The van der Waals surface area contributed by atoms with Gasteiger partial charge in [-0.05, 0) is 31.4 Å². The maximum absolute atomic E-state index is 11.7. The van der Waals surface area contributed by atoms with Crippen LogP contribution in [0, 0.1) is 0 Å². The number of methoxy groups -OCH3 is 1. The molecule has 2 aromatic rings. The summed E-state index contributed by atoms with van der Waals surface area (Å²) >= 11 is 0. The molecule has 0 spiro atoms. The lowest BCUT2D eigenvalue weighted by atomic mass is 10.1. The normalized spacial score (nSPS) is 19.0. The monoisotopic (exact) mass is 370 g/mol. The summed E-state index contributed by atoms with van der Waals surface area (Å²) in [5.41, 5.74) is 0.826. The van der Waals surface area contributed by atoms with E-state index in [1.165, 1.54) is 0 Å². The van der Waals surface area contributed by atoms with Gasteiger partial charge in [-0.2, -0.15) is 4.98 Å². The van der Waals surface area contributed by atoms with Crippen LogP contribution in [0.5, 0.6) is 11.8 Å². The third-order valence-corrected chi connectivity index (χ3v) is 5.43. The predicted molar refractivity (Wildman–Crippen MR) is 102 cm³/mol. The van der Waals surface area contributed by atoms with Gasteiger partial charge in [0.15, 0.2) is 0 Å². The van der Waals surface area contributed by atoms with E-state index in [9.17, 15) is 4.79 Å². The number of hydrogen-bond donors (Lipinski definition) is 0. The molecule has 1 aromatic carbocycles. The van der Waals surface area contributed by atoms with Crippen LogP contribution in [-0.4, -0.2) is 71.6 Å². The molecule has 144 valence electrons. The van der Waals surface area contributed by atoms with Crippen molar-refractivity contribution >= 4 is 16.8 Å². The van der Waals surface area contributed by atoms with Gasteiger partial charge in [-0.25, -0.2) is 4.98 Å². The third kappa shape index (κ3) is 4.30. The molecule has 0 atom stereocenters. The Morgan fingerprint density at radius 2 is 2.04 bits per heavy atom. The number of aromatic nitrogens is 2. The van der Waals surface area contributed by atoms with Gasteiger partial charge in [0.2, 0.25) is 5.91 Å². The van der Waals surface area contributed by atoms with E-state index in [2.05, 4.69) is 14.9 Å². The molecular formula is C20H26N4O3. The molecule has 2 fully saturated rings. The van der Waals surface area contributed by atoms with Crippen molar-refractivity contribution in [2.45, 2.75) is 31.8 Å². The first-order chi connectivity index (χ1) is 13.2. The van der Waals surface area contributed by atoms with Gasteiger partial charge >= 0.3 is 6.01 Å². The van der Waals surface area contributed by atoms with Gasteiger partial charge < -0.3 is 19.3 Å². The molecule has 0 N–H and O–H groups in total. The number of ether oxygens (including phenoxy) is 2. The van der Waals surface area contributed by atoms with Gasteiger partial charge in [-0.3, -0.25) is 4.79 Å². The zero-order valence-corrected chi connectivity index (χ0v) is 15.8. The topological polar surface area (TPSA) is 67.8 Å². The molecule has 27 heavy (non-hydrogen) atoms. The summed E-state index contributed by atoms with van der Waals surface area (Å²) in [4.78, 5) is 25.0. The second-order valence-corrected chi connectivity index (χ2v) is 7.22. The second kappa shape index (κ2) is 8.08. The average Bonchev–Trinajstić information content (AvgIpc) is 3.11. The number of nitrogens with zero attached hydrogens (tertiary/aromatic N) is 4. The van der Waals surface area contributed by atoms with E-state index in [0.29, 0.717) is 18.3 Å². The zero-order chi connectivity index (χ0) is 18.6. The molecule has 0 radical (unpaired) electrons. The molecule has 7 heteroatoms. The van der Waals surface area contributed by atoms with Gasteiger partial charge in [0.05, 0.1) is 12.6 Å². The van der Waals surface area contributed by atoms with Crippen LogP contribution in [0.15, 0.2) is 24.4 Å². The van der Waals surface area contributed by atoms with E-state index in [0.717, 1.165) is 68.6 Å². The molecule has 7 nitrogen and oxygen atoms in total. The van der Waals surface area contributed by atoms with Crippen LogP contribution in [0.4, 0.5) is 0 Å². The van der Waals surface area contributed by atoms with Crippen LogP contribution in [0.1, 0.15) is 25.7 Å². The minimum atomic E-state index is 0.137. The highest BCUT2D eigenvalue weighted by Crippen LogP contribution is 2.22. The number of hydrogen-bond acceptors (Lipinski definition) is 6. The molecule has 2 saturated heterocycles. The molecule has 2 aliphatic heterocycles. The van der Waals surface area contributed by atoms with Gasteiger partial charge in [0.1, 0.15) is 11.9 Å². The summed E-state index contributed by atoms with van der Waals surface area (Å²) in [5, 5.41) is 0.967. The van der Waals surface area contributed by atoms with Gasteiger partial charge in [-0.15, -0.1) is 0 Å². The number of piperidine rings is 1. The summed E-state index contributed by atoms with van der Waals surface area (Å²) in [6, 6.07) is 6.17. The lowest BCUT2D eigenvalue weighted by molar-refractivity contribution is -0.127. The Morgan fingerprint density at radius 1 is 1.19 bits per heavy atom. The maximum Gasteiger partial charge on any atom is 0.317 e. The predicted octanol–water partition coefficient (Wildman–Crippen LogP) is 2.10. The number of carbonyl (C=O) groups is 1. The second-order valence-electron chi connectivity index (χ2n) is 7.22. The van der Waals surface area contributed by atoms with Crippen molar-refractivity contribution in [1.29, 1.82) is 0 Å². The standard InChI is InChI=1S/C20H26N4O3/c1-26-17-5-4-15-14-21-20(22-18(15)13-17)27-16-6-9-23(10-7-16)11-12-24-8-2-3-19(24)25/h4-5,13-14,16H,2-3,6-12H2,1H3. The SMILES string of the molecule is COc1ccc2cnc(OC3CCN(CCN4CCCC4=O)CC3)nc2c1. The van der Waals surface area contributed by atoms with Crippen molar-refractivity contribution in [1.82, 2.24) is 19.8 Å². The van der Waals surface area contributed by atoms with E-state index >= 15 is 0 Å². The van der Waals surface area contributed by atoms with E-state index in [1.807, 2.05) is 23.1 Å². The first-order valence-corrected chi connectivity index (χ1v) is 9.69. The highest BCUT2D eigenvalue weighted by Gasteiger charge is 2.24. The Labute approximate surface area is 159 Å². The Bertz CT molecular complexity index is 805. The van der Waals surface area contributed by atoms with E-state index in [1.54, 1.807) is 13.3 Å². The summed E-state index contributed by atoms with van der Waals surface area (Å²) in [6.45, 7) is 4.68. The van der Waals surface area contributed by atoms with Crippen LogP contribution in [0.3, 0.4) is 0 Å². The van der Waals surface area contributed by atoms with Crippen LogP contribution in [0.2, 0.25) is 0 Å². The van der Waals surface area contributed by atoms with Crippen molar-refractivity contribution in [3.8, 4) is 11.8 Å². The van der Waals surface area contributed by atoms with E-state index < -0.39 is 0 Å². The Balaban J connectivity index is 1.28. The van der Waals surface area contributed by atoms with E-state index in [-0.39, 0.29) is 6.10 Å². The Kier molecular flexibility index (Phi) is 5.38. The molecular weight excluding hydrogens is 344 g/mol. The molecule has 2 aliphatic rings. The minimum Gasteiger partial charge on any atom is -0.497 e. The van der Waals surface area contributed by atoms with Crippen molar-refractivity contribution in [3.05, 3.63) is 24.4 Å². The van der Waals surface area contributed by atoms with Gasteiger partial charge in [-0.1, -0.05) is 0 Å². The average molecular weight is 370 g/mol. The maximum atomic E-state index is 11.7. The number of likely N-dealkylation sites (tertiary alicyclic amines) is 2. The number of rotatable bonds is 6. The van der Waals surface area contributed by atoms with Crippen LogP contribution in [0.25, 0.3) is 10.9 Å². The molecule has 0 aliphatic carbocycles. The first kappa shape index (κ1) is 18.0. The molecule has 0 saturated carbocycles. The minimum absolute atomic E-state index is 0.137. The fourth-order valence-corrected chi connectivity index (χ4v) is 3.77. The fourth-order valence-electron chi connectivity index (χ4n) is 3.77. The summed E-state index contributed by atoms with van der Waals surface area (Å²) in [7, 11) is 1.65. The molecule has 0 bridgehead atoms. The highest BCUT2D eigenvalue weighted by molar-refractivity contribution is 5.79. The quantitative estimate of drug-likeness (QED) is 0.776. The largest absolute Gasteiger partial charge is 0.497 e. The lowest BCUT2D eigenvalue weighted by Crippen LogP contribution is -2.42. The molecule has 1 aromatic heterocycles. The number of amides is 1. The number of fused-ring (bicyclic) bond motifs is 1. The summed E-state index contributed by atoms with van der Waals surface area (Å²) in [5.74, 6) is 1.08. The summed E-state index contributed by atoms with van der Waals surface area (Å²) in [6.07, 6.45) is 5.55. The fraction of sp³-hybridized carbons (Fsp3) is 0.550. The first-order valence-electron chi connectivity index (χ1n) is 9.69. The molecule has 1 amide bonds. The molecule has 4 rings (SSSR count). The van der Waals surface area contributed by atoms with Crippen molar-refractivity contribution in [2.24, 2.45) is 0 Å². The van der Waals surface area contributed by atoms with Gasteiger partial charge in [0.25, 0.3) is 0 Å². The zero-order valence-electron chi connectivity index (χ0n) is 15.8. The number of benzene rings is 1. The lowest BCUT2D eigenvalue weighted by Gasteiger charge is -2.32. The highest BCUT2D eigenvalue weighted by atomic mass is 16.5. The number of carbonyl (C=O) groups excluding carboxylic acids is 1. The van der Waals surface area contributed by atoms with Crippen LogP contribution in [-0.2, 0) is 4.79 Å². The van der Waals surface area contributed by atoms with Crippen LogP contribution >= 0.6 is 0 Å². The van der Waals surface area contributed by atoms with Crippen LogP contribution < -0.4 is 9.47 Å². The Hall–Kier alpha value is -2.41. The molecule has 0 unspecified atom stereocenters. The van der Waals surface area contributed by atoms with E-state index in [4.69, 9.17) is 9.47 Å². The molecule has 3 heterocycles. The van der Waals surface area contributed by atoms with Gasteiger partial charge in [0, 0.05) is 56.8 Å².